The van der Waals surface area contributed by atoms with Gasteiger partial charge in [-0.1, -0.05) is 17.7 Å². The lowest BCUT2D eigenvalue weighted by Gasteiger charge is -2.24. The molecule has 0 aliphatic rings. The Morgan fingerprint density at radius 2 is 1.38 bits per heavy atom. The molecule has 0 saturated heterocycles. The molecule has 12 heteroatoms. The van der Waals surface area contributed by atoms with Crippen molar-refractivity contribution in [3.05, 3.63) is 84.2 Å². The summed E-state index contributed by atoms with van der Waals surface area (Å²) < 4.78 is 71.8. The SMILES string of the molecule is Cc1ccc(N(CC(=O)NCCOc2ccc(S(=O)(=O)N(C)C)cc2)S(=O)(=O)c2ccc(F)cc2)cc1. The average Bonchev–Trinajstić information content (AvgIpc) is 2.86. The molecule has 0 radical (unpaired) electrons. The predicted molar refractivity (Wildman–Crippen MR) is 138 cm³/mol. The number of amides is 1. The van der Waals surface area contributed by atoms with Gasteiger partial charge < -0.3 is 10.1 Å². The van der Waals surface area contributed by atoms with Crippen molar-refractivity contribution in [2.24, 2.45) is 0 Å². The van der Waals surface area contributed by atoms with E-state index in [1.165, 1.54) is 38.4 Å². The van der Waals surface area contributed by atoms with E-state index in [1.54, 1.807) is 24.3 Å². The van der Waals surface area contributed by atoms with Crippen molar-refractivity contribution in [3.8, 4) is 5.75 Å². The third-order valence-electron chi connectivity index (χ3n) is 5.31. The molecule has 1 N–H and O–H groups in total. The van der Waals surface area contributed by atoms with E-state index in [4.69, 9.17) is 4.74 Å². The van der Waals surface area contributed by atoms with E-state index in [2.05, 4.69) is 5.32 Å². The Hall–Kier alpha value is -3.48. The third-order valence-corrected chi connectivity index (χ3v) is 8.92. The fraction of sp³-hybridized carbons (Fsp3) is 0.240. The molecule has 0 saturated carbocycles. The monoisotopic (exact) mass is 549 g/mol. The van der Waals surface area contributed by atoms with Gasteiger partial charge in [-0.05, 0) is 67.6 Å². The van der Waals surface area contributed by atoms with Crippen molar-refractivity contribution in [2.45, 2.75) is 16.7 Å². The van der Waals surface area contributed by atoms with E-state index in [1.807, 2.05) is 6.92 Å². The summed E-state index contributed by atoms with van der Waals surface area (Å²) in [6.07, 6.45) is 0. The normalized spacial score (nSPS) is 11.8. The van der Waals surface area contributed by atoms with Gasteiger partial charge in [0.2, 0.25) is 15.9 Å². The van der Waals surface area contributed by atoms with Crippen LogP contribution in [0.2, 0.25) is 0 Å². The van der Waals surface area contributed by atoms with Crippen LogP contribution in [0.25, 0.3) is 0 Å². The van der Waals surface area contributed by atoms with Crippen LogP contribution in [0.5, 0.6) is 5.75 Å². The van der Waals surface area contributed by atoms with E-state index < -0.39 is 38.3 Å². The molecule has 0 atom stereocenters. The number of carbonyl (C=O) groups excluding carboxylic acids is 1. The van der Waals surface area contributed by atoms with Crippen LogP contribution in [0.3, 0.4) is 0 Å². The highest BCUT2D eigenvalue weighted by Gasteiger charge is 2.27. The Kier molecular flexibility index (Phi) is 8.89. The van der Waals surface area contributed by atoms with Crippen molar-refractivity contribution in [1.82, 2.24) is 9.62 Å². The molecule has 9 nitrogen and oxygen atoms in total. The number of benzene rings is 3. The lowest BCUT2D eigenvalue weighted by molar-refractivity contribution is -0.119. The Morgan fingerprint density at radius 3 is 1.95 bits per heavy atom. The lowest BCUT2D eigenvalue weighted by atomic mass is 10.2. The van der Waals surface area contributed by atoms with Gasteiger partial charge in [0, 0.05) is 14.1 Å². The van der Waals surface area contributed by atoms with Crippen LogP contribution >= 0.6 is 0 Å². The molecule has 0 aliphatic heterocycles. The number of anilines is 1. The van der Waals surface area contributed by atoms with Crippen LogP contribution in [0.15, 0.2) is 82.6 Å². The predicted octanol–water partition coefficient (Wildman–Crippen LogP) is 2.77. The molecule has 0 aliphatic carbocycles. The molecule has 198 valence electrons. The number of hydrogen-bond donors (Lipinski definition) is 1. The number of ether oxygens (including phenoxy) is 1. The van der Waals surface area contributed by atoms with Crippen LogP contribution < -0.4 is 14.4 Å². The molecule has 37 heavy (non-hydrogen) atoms. The molecule has 3 rings (SSSR count). The van der Waals surface area contributed by atoms with E-state index >= 15 is 0 Å². The molecule has 0 unspecified atom stereocenters. The number of rotatable bonds is 11. The second-order valence-electron chi connectivity index (χ2n) is 8.26. The van der Waals surface area contributed by atoms with Crippen molar-refractivity contribution in [2.75, 3.05) is 38.1 Å². The minimum atomic E-state index is -4.15. The number of halogens is 1. The number of hydrogen-bond acceptors (Lipinski definition) is 6. The van der Waals surface area contributed by atoms with Gasteiger partial charge in [0.1, 0.15) is 24.7 Å². The lowest BCUT2D eigenvalue weighted by Crippen LogP contribution is -2.41. The fourth-order valence-corrected chi connectivity index (χ4v) is 5.55. The van der Waals surface area contributed by atoms with Crippen LogP contribution in [0, 0.1) is 12.7 Å². The van der Waals surface area contributed by atoms with Gasteiger partial charge in [-0.15, -0.1) is 0 Å². The summed E-state index contributed by atoms with van der Waals surface area (Å²) in [4.78, 5) is 12.6. The van der Waals surface area contributed by atoms with Gasteiger partial charge in [0.05, 0.1) is 22.0 Å². The Morgan fingerprint density at radius 1 is 0.838 bits per heavy atom. The summed E-state index contributed by atoms with van der Waals surface area (Å²) in [5, 5.41) is 2.62. The highest BCUT2D eigenvalue weighted by atomic mass is 32.2. The highest BCUT2D eigenvalue weighted by Crippen LogP contribution is 2.24. The minimum Gasteiger partial charge on any atom is -0.492 e. The molecule has 3 aromatic rings. The maximum Gasteiger partial charge on any atom is 0.264 e. The Balaban J connectivity index is 1.64. The molecule has 0 aromatic heterocycles. The largest absolute Gasteiger partial charge is 0.492 e. The topological polar surface area (TPSA) is 113 Å². The smallest absolute Gasteiger partial charge is 0.264 e. The maximum absolute atomic E-state index is 13.3. The number of sulfonamides is 2. The summed E-state index contributed by atoms with van der Waals surface area (Å²) in [6.45, 7) is 1.50. The Bertz CT molecular complexity index is 1430. The van der Waals surface area contributed by atoms with Gasteiger partial charge in [0.25, 0.3) is 10.0 Å². The van der Waals surface area contributed by atoms with E-state index in [9.17, 15) is 26.0 Å². The number of nitrogens with one attached hydrogen (secondary N) is 1. The van der Waals surface area contributed by atoms with E-state index in [-0.39, 0.29) is 28.6 Å². The summed E-state index contributed by atoms with van der Waals surface area (Å²) in [6, 6.07) is 16.9. The first-order valence-corrected chi connectivity index (χ1v) is 14.1. The summed E-state index contributed by atoms with van der Waals surface area (Å²) in [7, 11) is -4.83. The van der Waals surface area contributed by atoms with Gasteiger partial charge in [-0.2, -0.15) is 0 Å². The standard InChI is InChI=1S/C25H28FN3O6S2/c1-19-4-8-21(9-5-19)29(37(33,34)24-12-6-20(26)7-13-24)18-25(30)27-16-17-35-22-10-14-23(15-11-22)36(31,32)28(2)3/h4-15H,16-18H2,1-3H3,(H,27,30). The molecule has 0 spiro atoms. The Labute approximate surface area is 216 Å². The van der Waals surface area contributed by atoms with Crippen LogP contribution in [0.1, 0.15) is 5.56 Å². The summed E-state index contributed by atoms with van der Waals surface area (Å²) >= 11 is 0. The molecule has 0 heterocycles. The van der Waals surface area contributed by atoms with Gasteiger partial charge >= 0.3 is 0 Å². The zero-order chi connectivity index (χ0) is 27.2. The first-order chi connectivity index (χ1) is 17.4. The van der Waals surface area contributed by atoms with Crippen molar-refractivity contribution >= 4 is 31.6 Å². The first kappa shape index (κ1) is 28.1. The van der Waals surface area contributed by atoms with E-state index in [0.717, 1.165) is 38.4 Å². The summed E-state index contributed by atoms with van der Waals surface area (Å²) in [5.41, 5.74) is 1.20. The molecule has 1 amide bonds. The summed E-state index contributed by atoms with van der Waals surface area (Å²) in [5.74, 6) is -0.734. The quantitative estimate of drug-likeness (QED) is 0.368. The molecule has 3 aromatic carbocycles. The van der Waals surface area contributed by atoms with Crippen molar-refractivity contribution in [3.63, 3.8) is 0 Å². The van der Waals surface area contributed by atoms with Gasteiger partial charge in [-0.25, -0.2) is 25.5 Å². The molecule has 0 fully saturated rings. The zero-order valence-electron chi connectivity index (χ0n) is 20.6. The van der Waals surface area contributed by atoms with Crippen molar-refractivity contribution < 1.29 is 30.8 Å². The highest BCUT2D eigenvalue weighted by molar-refractivity contribution is 7.92. The molecular weight excluding hydrogens is 521 g/mol. The number of carbonyl (C=O) groups is 1. The van der Waals surface area contributed by atoms with Crippen LogP contribution in [0.4, 0.5) is 10.1 Å². The first-order valence-electron chi connectivity index (χ1n) is 11.2. The minimum absolute atomic E-state index is 0.0702. The maximum atomic E-state index is 13.3. The molecule has 0 bridgehead atoms. The van der Waals surface area contributed by atoms with Crippen molar-refractivity contribution in [1.29, 1.82) is 0 Å². The molecular formula is C25H28FN3O6S2. The van der Waals surface area contributed by atoms with Gasteiger partial charge in [-0.3, -0.25) is 9.10 Å². The average molecular weight is 550 g/mol. The second kappa shape index (κ2) is 11.7. The fourth-order valence-electron chi connectivity index (χ4n) is 3.22. The van der Waals surface area contributed by atoms with Gasteiger partial charge in [0.15, 0.2) is 0 Å². The van der Waals surface area contributed by atoms with E-state index in [0.29, 0.717) is 5.75 Å². The van der Waals surface area contributed by atoms with Crippen LogP contribution in [-0.2, 0) is 24.8 Å². The second-order valence-corrected chi connectivity index (χ2v) is 12.3. The number of nitrogens with zero attached hydrogens (tertiary/aromatic N) is 2. The zero-order valence-corrected chi connectivity index (χ0v) is 22.2. The van der Waals surface area contributed by atoms with Crippen LogP contribution in [-0.4, -0.2) is 60.8 Å². The number of aryl methyl sites for hydroxylation is 1. The third kappa shape index (κ3) is 7.06.